The van der Waals surface area contributed by atoms with Crippen molar-refractivity contribution >= 4 is 0 Å². The number of pyridine rings is 1. The molecule has 3 nitrogen and oxygen atoms in total. The van der Waals surface area contributed by atoms with E-state index in [4.69, 9.17) is 5.73 Å². The highest BCUT2D eigenvalue weighted by molar-refractivity contribution is 5.09. The second-order valence-corrected chi connectivity index (χ2v) is 5.54. The second kappa shape index (κ2) is 6.96. The van der Waals surface area contributed by atoms with Gasteiger partial charge in [-0.1, -0.05) is 13.3 Å². The van der Waals surface area contributed by atoms with Gasteiger partial charge in [0.1, 0.15) is 5.82 Å². The van der Waals surface area contributed by atoms with Crippen LogP contribution >= 0.6 is 0 Å². The molecule has 1 aromatic heterocycles. The van der Waals surface area contributed by atoms with Crippen molar-refractivity contribution in [1.82, 2.24) is 9.88 Å². The molecule has 2 N–H and O–H groups in total. The van der Waals surface area contributed by atoms with E-state index in [9.17, 15) is 4.39 Å². The molecular weight excluding hydrogens is 241 g/mol. The van der Waals surface area contributed by atoms with Crippen LogP contribution in [0.4, 0.5) is 4.39 Å². The quantitative estimate of drug-likeness (QED) is 0.860. The molecule has 2 rings (SSSR count). The topological polar surface area (TPSA) is 42.1 Å². The fourth-order valence-electron chi connectivity index (χ4n) is 2.84. The smallest absolute Gasteiger partial charge is 0.141 e. The Morgan fingerprint density at radius 3 is 3.05 bits per heavy atom. The summed E-state index contributed by atoms with van der Waals surface area (Å²) in [7, 11) is 0. The van der Waals surface area contributed by atoms with Gasteiger partial charge in [-0.2, -0.15) is 0 Å². The maximum atomic E-state index is 12.8. The van der Waals surface area contributed by atoms with Crippen molar-refractivity contribution in [1.29, 1.82) is 0 Å². The van der Waals surface area contributed by atoms with E-state index in [1.165, 1.54) is 44.6 Å². The summed E-state index contributed by atoms with van der Waals surface area (Å²) in [4.78, 5) is 6.54. The Kier molecular flexibility index (Phi) is 5.28. The van der Waals surface area contributed by atoms with Crippen LogP contribution in [-0.4, -0.2) is 29.5 Å². The minimum Gasteiger partial charge on any atom is -0.323 e. The molecule has 0 saturated carbocycles. The molecule has 0 aromatic carbocycles. The fourth-order valence-corrected chi connectivity index (χ4v) is 2.84. The fraction of sp³-hybridized carbons (Fsp3) is 0.667. The van der Waals surface area contributed by atoms with Crippen LogP contribution < -0.4 is 5.73 Å². The first-order valence-corrected chi connectivity index (χ1v) is 7.28. The van der Waals surface area contributed by atoms with Gasteiger partial charge in [0.05, 0.1) is 11.9 Å². The van der Waals surface area contributed by atoms with Crippen LogP contribution in [0.2, 0.25) is 0 Å². The zero-order valence-corrected chi connectivity index (χ0v) is 11.7. The van der Waals surface area contributed by atoms with Crippen molar-refractivity contribution in [2.75, 3.05) is 19.6 Å². The van der Waals surface area contributed by atoms with E-state index in [1.54, 1.807) is 6.07 Å². The largest absolute Gasteiger partial charge is 0.323 e. The van der Waals surface area contributed by atoms with E-state index in [0.29, 0.717) is 0 Å². The average molecular weight is 265 g/mol. The minimum atomic E-state index is -0.307. The summed E-state index contributed by atoms with van der Waals surface area (Å²) in [6.45, 7) is 5.66. The van der Waals surface area contributed by atoms with Gasteiger partial charge in [-0.25, -0.2) is 4.39 Å². The molecule has 106 valence electrons. The predicted octanol–water partition coefficient (Wildman–Crippen LogP) is 2.73. The second-order valence-electron chi connectivity index (χ2n) is 5.54. The number of nitrogens with two attached hydrogens (primary N) is 1. The summed E-state index contributed by atoms with van der Waals surface area (Å²) in [6, 6.07) is 3.02. The molecule has 1 saturated heterocycles. The van der Waals surface area contributed by atoms with E-state index in [2.05, 4.69) is 16.8 Å². The van der Waals surface area contributed by atoms with Gasteiger partial charge in [-0.3, -0.25) is 4.98 Å². The first-order valence-electron chi connectivity index (χ1n) is 7.28. The minimum absolute atomic E-state index is 0.0918. The standard InChI is InChI=1S/C15H24FN3/c1-2-3-12-6-8-19(11-12)9-7-14(17)15-5-4-13(16)10-18-15/h4-5,10,12,14H,2-3,6-9,11,17H2,1H3. The maximum absolute atomic E-state index is 12.8. The van der Waals surface area contributed by atoms with Crippen LogP contribution in [0.1, 0.15) is 44.3 Å². The van der Waals surface area contributed by atoms with Gasteiger partial charge in [0.15, 0.2) is 0 Å². The van der Waals surface area contributed by atoms with Crippen LogP contribution in [0.25, 0.3) is 0 Å². The molecule has 0 amide bonds. The third-order valence-electron chi connectivity index (χ3n) is 3.95. The SMILES string of the molecule is CCCC1CCN(CCC(N)c2ccc(F)cn2)C1. The van der Waals surface area contributed by atoms with Crippen LogP contribution in [0.3, 0.4) is 0 Å². The molecule has 2 heterocycles. The summed E-state index contributed by atoms with van der Waals surface area (Å²) in [5.74, 6) is 0.558. The van der Waals surface area contributed by atoms with Crippen molar-refractivity contribution < 1.29 is 4.39 Å². The highest BCUT2D eigenvalue weighted by atomic mass is 19.1. The first-order chi connectivity index (χ1) is 9.19. The highest BCUT2D eigenvalue weighted by Crippen LogP contribution is 2.22. The van der Waals surface area contributed by atoms with Crippen molar-refractivity contribution in [3.05, 3.63) is 29.8 Å². The third-order valence-corrected chi connectivity index (χ3v) is 3.95. The Balaban J connectivity index is 1.75. The van der Waals surface area contributed by atoms with Gasteiger partial charge < -0.3 is 10.6 Å². The molecule has 1 aliphatic heterocycles. The van der Waals surface area contributed by atoms with Crippen molar-refractivity contribution in [2.24, 2.45) is 11.7 Å². The Morgan fingerprint density at radius 2 is 2.37 bits per heavy atom. The lowest BCUT2D eigenvalue weighted by Gasteiger charge is -2.18. The van der Waals surface area contributed by atoms with Gasteiger partial charge in [0, 0.05) is 19.1 Å². The molecule has 2 atom stereocenters. The maximum Gasteiger partial charge on any atom is 0.141 e. The summed E-state index contributed by atoms with van der Waals surface area (Å²) in [6.07, 6.45) is 6.05. The zero-order valence-electron chi connectivity index (χ0n) is 11.7. The molecule has 1 fully saturated rings. The number of rotatable bonds is 6. The lowest BCUT2D eigenvalue weighted by Crippen LogP contribution is -2.25. The first kappa shape index (κ1) is 14.4. The molecule has 1 aliphatic rings. The predicted molar refractivity (Wildman–Crippen MR) is 75.2 cm³/mol. The number of likely N-dealkylation sites (tertiary alicyclic amines) is 1. The van der Waals surface area contributed by atoms with Gasteiger partial charge >= 0.3 is 0 Å². The number of hydrogen-bond donors (Lipinski definition) is 1. The molecule has 0 spiro atoms. The Bertz CT molecular complexity index is 379. The molecule has 4 heteroatoms. The summed E-state index contributed by atoms with van der Waals surface area (Å²) < 4.78 is 12.8. The molecular formula is C15H24FN3. The van der Waals surface area contributed by atoms with E-state index >= 15 is 0 Å². The number of aromatic nitrogens is 1. The van der Waals surface area contributed by atoms with E-state index in [1.807, 2.05) is 0 Å². The molecule has 2 unspecified atom stereocenters. The monoisotopic (exact) mass is 265 g/mol. The number of halogens is 1. The zero-order chi connectivity index (χ0) is 13.7. The normalized spacial score (nSPS) is 21.7. The Morgan fingerprint density at radius 1 is 1.53 bits per heavy atom. The Labute approximate surface area is 115 Å². The molecule has 0 aliphatic carbocycles. The lowest BCUT2D eigenvalue weighted by atomic mass is 10.0. The summed E-state index contributed by atoms with van der Waals surface area (Å²) in [5, 5.41) is 0. The van der Waals surface area contributed by atoms with Crippen molar-refractivity contribution in [2.45, 2.75) is 38.6 Å². The van der Waals surface area contributed by atoms with E-state index < -0.39 is 0 Å². The van der Waals surface area contributed by atoms with Crippen LogP contribution in [-0.2, 0) is 0 Å². The summed E-state index contributed by atoms with van der Waals surface area (Å²) >= 11 is 0. The van der Waals surface area contributed by atoms with Gasteiger partial charge in [-0.05, 0) is 43.9 Å². The van der Waals surface area contributed by atoms with Crippen LogP contribution in [0.15, 0.2) is 18.3 Å². The third kappa shape index (κ3) is 4.25. The van der Waals surface area contributed by atoms with Crippen molar-refractivity contribution in [3.8, 4) is 0 Å². The summed E-state index contributed by atoms with van der Waals surface area (Å²) in [5.41, 5.74) is 6.89. The van der Waals surface area contributed by atoms with Gasteiger partial charge in [0.25, 0.3) is 0 Å². The van der Waals surface area contributed by atoms with Crippen LogP contribution in [0.5, 0.6) is 0 Å². The molecule has 0 bridgehead atoms. The van der Waals surface area contributed by atoms with E-state index in [-0.39, 0.29) is 11.9 Å². The Hall–Kier alpha value is -1.00. The van der Waals surface area contributed by atoms with Gasteiger partial charge in [0.2, 0.25) is 0 Å². The number of hydrogen-bond acceptors (Lipinski definition) is 3. The molecule has 19 heavy (non-hydrogen) atoms. The average Bonchev–Trinajstić information content (AvgIpc) is 2.85. The van der Waals surface area contributed by atoms with Crippen molar-refractivity contribution in [3.63, 3.8) is 0 Å². The lowest BCUT2D eigenvalue weighted by molar-refractivity contribution is 0.305. The van der Waals surface area contributed by atoms with E-state index in [0.717, 1.165) is 24.6 Å². The number of nitrogens with zero attached hydrogens (tertiary/aromatic N) is 2. The van der Waals surface area contributed by atoms with Crippen LogP contribution in [0, 0.1) is 11.7 Å². The van der Waals surface area contributed by atoms with Gasteiger partial charge in [-0.15, -0.1) is 0 Å². The highest BCUT2D eigenvalue weighted by Gasteiger charge is 2.21. The molecule has 0 radical (unpaired) electrons. The molecule has 1 aromatic rings.